The van der Waals surface area contributed by atoms with E-state index >= 15 is 0 Å². The van der Waals surface area contributed by atoms with Gasteiger partial charge >= 0.3 is 0 Å². The van der Waals surface area contributed by atoms with Crippen LogP contribution in [-0.4, -0.2) is 25.6 Å². The molecule has 0 aliphatic carbocycles. The molecule has 34 heavy (non-hydrogen) atoms. The Kier molecular flexibility index (Phi) is 6.64. The van der Waals surface area contributed by atoms with Crippen molar-refractivity contribution >= 4 is 28.9 Å². The minimum atomic E-state index is -0.601. The average molecular weight is 484 g/mol. The summed E-state index contributed by atoms with van der Waals surface area (Å²) in [5.74, 6) is -0.319. The van der Waals surface area contributed by atoms with Crippen LogP contribution < -0.4 is 14.8 Å². The summed E-state index contributed by atoms with van der Waals surface area (Å²) >= 11 is 5.72. The Hall–Kier alpha value is -4.51. The van der Waals surface area contributed by atoms with E-state index in [-0.39, 0.29) is 34.6 Å². The highest BCUT2D eigenvalue weighted by molar-refractivity contribution is 6.30. The number of carbonyl (C=O) groups excluding carboxylic acids is 1. The molecule has 0 spiro atoms. The molecule has 0 radical (unpaired) electrons. The number of benzene rings is 2. The van der Waals surface area contributed by atoms with E-state index in [0.29, 0.717) is 11.5 Å². The molecule has 1 amide bonds. The summed E-state index contributed by atoms with van der Waals surface area (Å²) in [6.45, 7) is -0.0604. The van der Waals surface area contributed by atoms with Gasteiger partial charge in [-0.25, -0.2) is 9.07 Å². The number of halogens is 2. The van der Waals surface area contributed by atoms with Crippen molar-refractivity contribution < 1.29 is 23.6 Å². The molecule has 4 rings (SSSR count). The monoisotopic (exact) mass is 483 g/mol. The van der Waals surface area contributed by atoms with E-state index in [9.17, 15) is 19.3 Å². The first-order valence-corrected chi connectivity index (χ1v) is 10.1. The second kappa shape index (κ2) is 9.96. The van der Waals surface area contributed by atoms with Crippen molar-refractivity contribution in [3.8, 4) is 17.2 Å². The van der Waals surface area contributed by atoms with Gasteiger partial charge in [0.25, 0.3) is 11.6 Å². The molecule has 2 aromatic carbocycles. The van der Waals surface area contributed by atoms with Gasteiger partial charge in [0.05, 0.1) is 27.9 Å². The number of hydrogen-bond donors (Lipinski definition) is 1. The largest absolute Gasteiger partial charge is 0.471 e. The molecule has 0 unspecified atom stereocenters. The number of aromatic nitrogens is 3. The van der Waals surface area contributed by atoms with Gasteiger partial charge in [0.2, 0.25) is 0 Å². The fourth-order valence-electron chi connectivity index (χ4n) is 2.82. The van der Waals surface area contributed by atoms with E-state index in [1.54, 1.807) is 18.3 Å². The number of non-ortho nitro benzene ring substituents is 1. The fraction of sp³-hybridized carbons (Fsp3) is 0.0455. The van der Waals surface area contributed by atoms with Gasteiger partial charge in [-0.2, -0.15) is 5.10 Å². The number of nitrogens with one attached hydrogen (secondary N) is 1. The maximum absolute atomic E-state index is 13.2. The summed E-state index contributed by atoms with van der Waals surface area (Å²) in [6, 6.07) is 12.5. The first kappa shape index (κ1) is 22.7. The van der Waals surface area contributed by atoms with Crippen LogP contribution in [0.2, 0.25) is 5.02 Å². The lowest BCUT2D eigenvalue weighted by Gasteiger charge is -2.09. The Morgan fingerprint density at radius 3 is 2.74 bits per heavy atom. The topological polar surface area (TPSA) is 121 Å². The van der Waals surface area contributed by atoms with Gasteiger partial charge in [-0.3, -0.25) is 19.9 Å². The van der Waals surface area contributed by atoms with E-state index in [1.807, 2.05) is 0 Å². The SMILES string of the molecule is O=C(Nc1cc(Oc2cccnc2)cc([N+](=O)[O-])c1)c1ccn(COc2ccc(F)c(Cl)c2)n1. The standard InChI is InChI=1S/C22H15ClFN5O5/c23-19-11-16(3-4-20(19)24)33-13-28-7-5-21(27-28)22(30)26-14-8-15(29(31)32)10-18(9-14)34-17-2-1-6-25-12-17/h1-12H,13H2,(H,26,30). The normalized spacial score (nSPS) is 10.5. The summed E-state index contributed by atoms with van der Waals surface area (Å²) in [4.78, 5) is 27.3. The molecule has 4 aromatic rings. The van der Waals surface area contributed by atoms with Crippen LogP contribution in [0.1, 0.15) is 10.5 Å². The van der Waals surface area contributed by atoms with Crippen LogP contribution in [0.4, 0.5) is 15.8 Å². The summed E-state index contributed by atoms with van der Waals surface area (Å²) in [7, 11) is 0. The highest BCUT2D eigenvalue weighted by Gasteiger charge is 2.16. The first-order chi connectivity index (χ1) is 16.4. The van der Waals surface area contributed by atoms with Crippen LogP contribution in [0.15, 0.2) is 73.2 Å². The lowest BCUT2D eigenvalue weighted by atomic mass is 10.2. The van der Waals surface area contributed by atoms with Crippen LogP contribution in [0.5, 0.6) is 17.2 Å². The first-order valence-electron chi connectivity index (χ1n) is 9.67. The van der Waals surface area contributed by atoms with Crippen molar-refractivity contribution in [3.05, 3.63) is 99.8 Å². The minimum Gasteiger partial charge on any atom is -0.471 e. The number of nitro benzene ring substituents is 1. The molecule has 0 aliphatic rings. The van der Waals surface area contributed by atoms with E-state index in [4.69, 9.17) is 21.1 Å². The van der Waals surface area contributed by atoms with Crippen LogP contribution in [-0.2, 0) is 6.73 Å². The minimum absolute atomic E-state index is 0.0435. The van der Waals surface area contributed by atoms with Crippen molar-refractivity contribution in [3.63, 3.8) is 0 Å². The van der Waals surface area contributed by atoms with Crippen LogP contribution in [0.3, 0.4) is 0 Å². The molecule has 0 bridgehead atoms. The van der Waals surface area contributed by atoms with Crippen LogP contribution >= 0.6 is 11.6 Å². The van der Waals surface area contributed by atoms with Gasteiger partial charge in [-0.1, -0.05) is 11.6 Å². The number of pyridine rings is 1. The summed E-state index contributed by atoms with van der Waals surface area (Å²) in [5.41, 5.74) is -0.0830. The molecule has 0 atom stereocenters. The summed E-state index contributed by atoms with van der Waals surface area (Å²) in [6.07, 6.45) is 4.51. The number of amides is 1. The predicted molar refractivity (Wildman–Crippen MR) is 120 cm³/mol. The molecule has 10 nitrogen and oxygen atoms in total. The fourth-order valence-corrected chi connectivity index (χ4v) is 2.99. The number of nitro groups is 1. The molecule has 0 fully saturated rings. The van der Waals surface area contributed by atoms with E-state index < -0.39 is 16.6 Å². The smallest absolute Gasteiger partial charge is 0.276 e. The third kappa shape index (κ3) is 5.64. The average Bonchev–Trinajstić information content (AvgIpc) is 3.30. The summed E-state index contributed by atoms with van der Waals surface area (Å²) in [5, 5.41) is 17.9. The van der Waals surface area contributed by atoms with Crippen molar-refractivity contribution in [2.24, 2.45) is 0 Å². The molecule has 12 heteroatoms. The zero-order chi connectivity index (χ0) is 24.1. The van der Waals surface area contributed by atoms with Crippen molar-refractivity contribution in [2.75, 3.05) is 5.32 Å². The number of rotatable bonds is 8. The highest BCUT2D eigenvalue weighted by Crippen LogP contribution is 2.29. The molecular weight excluding hydrogens is 469 g/mol. The van der Waals surface area contributed by atoms with Crippen LogP contribution in [0, 0.1) is 15.9 Å². The van der Waals surface area contributed by atoms with Gasteiger partial charge in [0, 0.05) is 30.6 Å². The zero-order valence-electron chi connectivity index (χ0n) is 17.2. The number of hydrogen-bond acceptors (Lipinski definition) is 7. The number of anilines is 1. The Morgan fingerprint density at radius 2 is 2.00 bits per heavy atom. The Labute approximate surface area is 196 Å². The molecule has 2 aromatic heterocycles. The summed E-state index contributed by atoms with van der Waals surface area (Å²) < 4.78 is 25.7. The molecule has 0 saturated heterocycles. The molecule has 0 saturated carbocycles. The maximum Gasteiger partial charge on any atom is 0.276 e. The zero-order valence-corrected chi connectivity index (χ0v) is 18.0. The molecule has 172 valence electrons. The lowest BCUT2D eigenvalue weighted by Crippen LogP contribution is -2.14. The van der Waals surface area contributed by atoms with Gasteiger partial charge in [-0.05, 0) is 30.3 Å². The maximum atomic E-state index is 13.2. The van der Waals surface area contributed by atoms with Gasteiger partial charge in [0.15, 0.2) is 12.4 Å². The third-order valence-electron chi connectivity index (χ3n) is 4.36. The molecule has 2 heterocycles. The second-order valence-electron chi connectivity index (χ2n) is 6.81. The van der Waals surface area contributed by atoms with E-state index in [0.717, 1.165) is 0 Å². The highest BCUT2D eigenvalue weighted by atomic mass is 35.5. The Bertz CT molecular complexity index is 1350. The number of ether oxygens (including phenoxy) is 2. The Balaban J connectivity index is 1.45. The number of carbonyl (C=O) groups is 1. The number of nitrogens with zero attached hydrogens (tertiary/aromatic N) is 4. The molecule has 1 N–H and O–H groups in total. The Morgan fingerprint density at radius 1 is 1.15 bits per heavy atom. The van der Waals surface area contributed by atoms with Crippen molar-refractivity contribution in [2.45, 2.75) is 6.73 Å². The predicted octanol–water partition coefficient (Wildman–Crippen LogP) is 5.06. The lowest BCUT2D eigenvalue weighted by molar-refractivity contribution is -0.384. The van der Waals surface area contributed by atoms with Crippen LogP contribution in [0.25, 0.3) is 0 Å². The quantitative estimate of drug-likeness (QED) is 0.274. The van der Waals surface area contributed by atoms with E-state index in [1.165, 1.54) is 59.5 Å². The van der Waals surface area contributed by atoms with Crippen molar-refractivity contribution in [1.29, 1.82) is 0 Å². The third-order valence-corrected chi connectivity index (χ3v) is 4.65. The van der Waals surface area contributed by atoms with E-state index in [2.05, 4.69) is 15.4 Å². The second-order valence-corrected chi connectivity index (χ2v) is 7.21. The van der Waals surface area contributed by atoms with Gasteiger partial charge < -0.3 is 14.8 Å². The van der Waals surface area contributed by atoms with Crippen molar-refractivity contribution in [1.82, 2.24) is 14.8 Å². The van der Waals surface area contributed by atoms with Gasteiger partial charge in [-0.15, -0.1) is 0 Å². The molecular formula is C22H15ClFN5O5. The van der Waals surface area contributed by atoms with Gasteiger partial charge in [0.1, 0.15) is 23.1 Å². The molecule has 0 aliphatic heterocycles.